The van der Waals surface area contributed by atoms with E-state index < -0.39 is 10.0 Å². The molecule has 3 rings (SSSR count). The third-order valence-electron chi connectivity index (χ3n) is 5.12. The second-order valence-corrected chi connectivity index (χ2v) is 9.40. The van der Waals surface area contributed by atoms with Gasteiger partial charge in [-0.2, -0.15) is 0 Å². The molecule has 0 aliphatic rings. The van der Waals surface area contributed by atoms with E-state index in [0.717, 1.165) is 16.7 Å². The number of sulfonamides is 1. The van der Waals surface area contributed by atoms with Crippen LogP contribution in [0.4, 0.5) is 5.69 Å². The standard InChI is InChI=1S/C25H28N2O5S/c1-17-9-10-18(2)23(15-17)27-33(29,30)21-13-11-20(12-14-21)32-16-25(28)26-19(3)22-7-5-6-8-24(22)31-4/h5-15,19,27H,16H2,1-4H3,(H,26,28)/t19-/m0/s1. The van der Waals surface area contributed by atoms with Crippen molar-refractivity contribution in [3.63, 3.8) is 0 Å². The molecule has 0 saturated heterocycles. The summed E-state index contributed by atoms with van der Waals surface area (Å²) in [5, 5.41) is 2.86. The smallest absolute Gasteiger partial charge is 0.261 e. The van der Waals surface area contributed by atoms with Gasteiger partial charge in [0.1, 0.15) is 11.5 Å². The van der Waals surface area contributed by atoms with Crippen LogP contribution in [0.25, 0.3) is 0 Å². The van der Waals surface area contributed by atoms with Gasteiger partial charge in [-0.05, 0) is 68.3 Å². The Morgan fingerprint density at radius 1 is 1.00 bits per heavy atom. The molecule has 7 nitrogen and oxygen atoms in total. The van der Waals surface area contributed by atoms with Gasteiger partial charge in [0.25, 0.3) is 15.9 Å². The molecule has 0 radical (unpaired) electrons. The largest absolute Gasteiger partial charge is 0.496 e. The van der Waals surface area contributed by atoms with Gasteiger partial charge in [0.05, 0.1) is 23.7 Å². The molecular formula is C25H28N2O5S. The van der Waals surface area contributed by atoms with E-state index in [0.29, 0.717) is 17.2 Å². The first-order valence-electron chi connectivity index (χ1n) is 10.4. The molecule has 1 atom stereocenters. The first-order valence-corrected chi connectivity index (χ1v) is 11.9. The van der Waals surface area contributed by atoms with Crippen LogP contribution in [0.15, 0.2) is 71.6 Å². The van der Waals surface area contributed by atoms with Gasteiger partial charge in [-0.1, -0.05) is 30.3 Å². The van der Waals surface area contributed by atoms with E-state index in [1.165, 1.54) is 24.3 Å². The highest BCUT2D eigenvalue weighted by Gasteiger charge is 2.17. The average Bonchev–Trinajstić information content (AvgIpc) is 2.80. The summed E-state index contributed by atoms with van der Waals surface area (Å²) in [6, 6.07) is 18.7. The van der Waals surface area contributed by atoms with Crippen LogP contribution in [-0.2, 0) is 14.8 Å². The monoisotopic (exact) mass is 468 g/mol. The van der Waals surface area contributed by atoms with Crippen molar-refractivity contribution in [1.82, 2.24) is 5.32 Å². The Kier molecular flexibility index (Phi) is 7.60. The molecule has 0 aliphatic heterocycles. The van der Waals surface area contributed by atoms with E-state index in [1.54, 1.807) is 13.2 Å². The van der Waals surface area contributed by atoms with Gasteiger partial charge in [0.15, 0.2) is 6.61 Å². The second-order valence-electron chi connectivity index (χ2n) is 7.72. The number of hydrogen-bond donors (Lipinski definition) is 2. The number of amides is 1. The summed E-state index contributed by atoms with van der Waals surface area (Å²) in [7, 11) is -2.17. The van der Waals surface area contributed by atoms with Crippen molar-refractivity contribution >= 4 is 21.6 Å². The van der Waals surface area contributed by atoms with Crippen LogP contribution < -0.4 is 19.5 Å². The number of rotatable bonds is 9. The Labute approximate surface area is 194 Å². The lowest BCUT2D eigenvalue weighted by Crippen LogP contribution is -2.31. The predicted molar refractivity (Wildman–Crippen MR) is 128 cm³/mol. The molecule has 1 amide bonds. The highest BCUT2D eigenvalue weighted by Crippen LogP contribution is 2.25. The minimum atomic E-state index is -3.75. The quantitative estimate of drug-likeness (QED) is 0.486. The fraction of sp³-hybridized carbons (Fsp3) is 0.240. The first kappa shape index (κ1) is 24.1. The van der Waals surface area contributed by atoms with Crippen LogP contribution in [0, 0.1) is 13.8 Å². The van der Waals surface area contributed by atoms with Crippen molar-refractivity contribution in [2.75, 3.05) is 18.4 Å². The van der Waals surface area contributed by atoms with E-state index in [-0.39, 0.29) is 23.5 Å². The molecule has 0 heterocycles. The molecule has 3 aromatic rings. The number of nitrogens with one attached hydrogen (secondary N) is 2. The molecular weight excluding hydrogens is 440 g/mol. The van der Waals surface area contributed by atoms with Crippen molar-refractivity contribution in [3.8, 4) is 11.5 Å². The van der Waals surface area contributed by atoms with E-state index in [9.17, 15) is 13.2 Å². The lowest BCUT2D eigenvalue weighted by Gasteiger charge is -2.17. The molecule has 0 unspecified atom stereocenters. The maximum absolute atomic E-state index is 12.7. The van der Waals surface area contributed by atoms with Crippen LogP contribution in [0.1, 0.15) is 29.7 Å². The van der Waals surface area contributed by atoms with Crippen LogP contribution in [0.3, 0.4) is 0 Å². The lowest BCUT2D eigenvalue weighted by molar-refractivity contribution is -0.123. The SMILES string of the molecule is COc1ccccc1[C@H](C)NC(=O)COc1ccc(S(=O)(=O)Nc2cc(C)ccc2C)cc1. The van der Waals surface area contributed by atoms with E-state index in [1.807, 2.05) is 57.2 Å². The van der Waals surface area contributed by atoms with Gasteiger partial charge in [-0.3, -0.25) is 9.52 Å². The van der Waals surface area contributed by atoms with Gasteiger partial charge in [0.2, 0.25) is 0 Å². The Bertz CT molecular complexity index is 1220. The van der Waals surface area contributed by atoms with Crippen LogP contribution in [0.2, 0.25) is 0 Å². The Morgan fingerprint density at radius 2 is 1.70 bits per heavy atom. The summed E-state index contributed by atoms with van der Waals surface area (Å²) in [6.45, 7) is 5.40. The number of para-hydroxylation sites is 1. The maximum atomic E-state index is 12.7. The lowest BCUT2D eigenvalue weighted by atomic mass is 10.1. The molecule has 0 saturated carbocycles. The number of carbonyl (C=O) groups is 1. The zero-order valence-electron chi connectivity index (χ0n) is 19.1. The van der Waals surface area contributed by atoms with Crippen molar-refractivity contribution < 1.29 is 22.7 Å². The number of methoxy groups -OCH3 is 1. The summed E-state index contributed by atoms with van der Waals surface area (Å²) < 4.78 is 38.9. The van der Waals surface area contributed by atoms with E-state index in [2.05, 4.69) is 10.0 Å². The number of benzene rings is 3. The number of carbonyl (C=O) groups excluding carboxylic acids is 1. The fourth-order valence-electron chi connectivity index (χ4n) is 3.30. The minimum Gasteiger partial charge on any atom is -0.496 e. The highest BCUT2D eigenvalue weighted by atomic mass is 32.2. The summed E-state index contributed by atoms with van der Waals surface area (Å²) in [5.74, 6) is 0.778. The molecule has 3 aromatic carbocycles. The molecule has 174 valence electrons. The number of hydrogen-bond acceptors (Lipinski definition) is 5. The third-order valence-corrected chi connectivity index (χ3v) is 6.51. The molecule has 0 spiro atoms. The summed E-state index contributed by atoms with van der Waals surface area (Å²) in [4.78, 5) is 12.4. The molecule has 8 heteroatoms. The molecule has 0 fully saturated rings. The molecule has 2 N–H and O–H groups in total. The number of aryl methyl sites for hydroxylation is 2. The summed E-state index contributed by atoms with van der Waals surface area (Å²) in [5.41, 5.74) is 3.19. The Morgan fingerprint density at radius 3 is 2.39 bits per heavy atom. The van der Waals surface area contributed by atoms with Crippen LogP contribution >= 0.6 is 0 Å². The second kappa shape index (κ2) is 10.4. The van der Waals surface area contributed by atoms with Gasteiger partial charge < -0.3 is 14.8 Å². The fourth-order valence-corrected chi connectivity index (χ4v) is 4.42. The van der Waals surface area contributed by atoms with Gasteiger partial charge in [-0.15, -0.1) is 0 Å². The number of anilines is 1. The molecule has 0 aliphatic carbocycles. The normalized spacial score (nSPS) is 12.0. The van der Waals surface area contributed by atoms with Crippen LogP contribution in [-0.4, -0.2) is 28.0 Å². The van der Waals surface area contributed by atoms with Gasteiger partial charge in [-0.25, -0.2) is 8.42 Å². The molecule has 33 heavy (non-hydrogen) atoms. The third kappa shape index (κ3) is 6.26. The summed E-state index contributed by atoms with van der Waals surface area (Å²) in [6.07, 6.45) is 0. The van der Waals surface area contributed by atoms with Crippen molar-refractivity contribution in [1.29, 1.82) is 0 Å². The van der Waals surface area contributed by atoms with Crippen molar-refractivity contribution in [3.05, 3.63) is 83.4 Å². The predicted octanol–water partition coefficient (Wildman–Crippen LogP) is 4.37. The zero-order chi connectivity index (χ0) is 24.0. The minimum absolute atomic E-state index is 0.102. The van der Waals surface area contributed by atoms with Crippen molar-refractivity contribution in [2.24, 2.45) is 0 Å². The maximum Gasteiger partial charge on any atom is 0.261 e. The Balaban J connectivity index is 1.59. The highest BCUT2D eigenvalue weighted by molar-refractivity contribution is 7.92. The summed E-state index contributed by atoms with van der Waals surface area (Å²) >= 11 is 0. The van der Waals surface area contributed by atoms with Gasteiger partial charge >= 0.3 is 0 Å². The molecule has 0 aromatic heterocycles. The average molecular weight is 469 g/mol. The van der Waals surface area contributed by atoms with E-state index in [4.69, 9.17) is 9.47 Å². The number of ether oxygens (including phenoxy) is 2. The first-order chi connectivity index (χ1) is 15.7. The molecule has 0 bridgehead atoms. The van der Waals surface area contributed by atoms with Crippen molar-refractivity contribution in [2.45, 2.75) is 31.7 Å². The van der Waals surface area contributed by atoms with Gasteiger partial charge in [0, 0.05) is 5.56 Å². The zero-order valence-corrected chi connectivity index (χ0v) is 19.9. The van der Waals surface area contributed by atoms with Crippen LogP contribution in [0.5, 0.6) is 11.5 Å². The Hall–Kier alpha value is -3.52. The van der Waals surface area contributed by atoms with E-state index >= 15 is 0 Å². The topological polar surface area (TPSA) is 93.7 Å².